The third-order valence-electron chi connectivity index (χ3n) is 4.31. The molecule has 8 nitrogen and oxygen atoms in total. The Morgan fingerprint density at radius 2 is 2.10 bits per heavy atom. The summed E-state index contributed by atoms with van der Waals surface area (Å²) in [6.45, 7) is 0.393. The van der Waals surface area contributed by atoms with E-state index in [2.05, 4.69) is 10.3 Å². The summed E-state index contributed by atoms with van der Waals surface area (Å²) in [6.07, 6.45) is -4.70. The largest absolute Gasteiger partial charge is 0.417 e. The van der Waals surface area contributed by atoms with E-state index >= 15 is 0 Å². The number of amides is 1. The molecule has 3 rings (SSSR count). The van der Waals surface area contributed by atoms with Gasteiger partial charge in [-0.3, -0.25) is 10.0 Å². The molecule has 2 aromatic carbocycles. The first kappa shape index (κ1) is 21.1. The molecule has 0 radical (unpaired) electrons. The molecule has 0 aliphatic heterocycles. The monoisotopic (exact) mass is 419 g/mol. The van der Waals surface area contributed by atoms with Gasteiger partial charge in [0.05, 0.1) is 34.8 Å². The summed E-state index contributed by atoms with van der Waals surface area (Å²) >= 11 is 0. The van der Waals surface area contributed by atoms with Crippen LogP contribution in [0.1, 0.15) is 21.5 Å². The number of nitrogens with one attached hydrogen (secondary N) is 2. The molecule has 0 bridgehead atoms. The lowest BCUT2D eigenvalue weighted by Gasteiger charge is -2.12. The van der Waals surface area contributed by atoms with E-state index in [1.807, 2.05) is 0 Å². The topological polar surface area (TPSA) is 112 Å². The van der Waals surface area contributed by atoms with Gasteiger partial charge in [-0.15, -0.1) is 0 Å². The highest BCUT2D eigenvalue weighted by molar-refractivity contribution is 5.94. The second kappa shape index (κ2) is 8.40. The minimum absolute atomic E-state index is 0.160. The Morgan fingerprint density at radius 3 is 2.73 bits per heavy atom. The van der Waals surface area contributed by atoms with Crippen LogP contribution in [-0.4, -0.2) is 34.4 Å². The van der Waals surface area contributed by atoms with E-state index in [0.717, 1.165) is 12.1 Å². The molecule has 1 amide bonds. The van der Waals surface area contributed by atoms with Gasteiger partial charge in [-0.2, -0.15) is 18.4 Å². The van der Waals surface area contributed by atoms with Crippen molar-refractivity contribution in [3.63, 3.8) is 0 Å². The predicted molar refractivity (Wildman–Crippen MR) is 100 cm³/mol. The zero-order valence-electron chi connectivity index (χ0n) is 15.6. The number of anilines is 2. The van der Waals surface area contributed by atoms with Crippen molar-refractivity contribution in [2.24, 2.45) is 0 Å². The Hall–Kier alpha value is -3.62. The summed E-state index contributed by atoms with van der Waals surface area (Å²) in [5.41, 5.74) is 0.892. The average Bonchev–Trinajstić information content (AvgIpc) is 3.05. The number of nitriles is 1. The molecule has 0 saturated carbocycles. The Bertz CT molecular complexity index is 1130. The molecule has 156 valence electrons. The SMILES string of the molecule is COCCn1c(Nc2cccc(C(=O)NO)c2)nc2cc(C#N)c(C(F)(F)F)cc21. The summed E-state index contributed by atoms with van der Waals surface area (Å²) < 4.78 is 46.7. The molecule has 11 heteroatoms. The van der Waals surface area contributed by atoms with Gasteiger partial charge in [-0.1, -0.05) is 6.07 Å². The number of imidazole rings is 1. The molecule has 0 aliphatic rings. The molecule has 1 heterocycles. The molecule has 0 unspecified atom stereocenters. The highest BCUT2D eigenvalue weighted by Crippen LogP contribution is 2.35. The molecule has 0 atom stereocenters. The number of fused-ring (bicyclic) bond motifs is 1. The molecule has 0 spiro atoms. The van der Waals surface area contributed by atoms with E-state index in [4.69, 9.17) is 15.2 Å². The minimum Gasteiger partial charge on any atom is -0.383 e. The van der Waals surface area contributed by atoms with Crippen molar-refractivity contribution in [1.29, 1.82) is 5.26 Å². The van der Waals surface area contributed by atoms with Crippen LogP contribution in [0.25, 0.3) is 11.0 Å². The molecular formula is C19H16F3N5O3. The molecular weight excluding hydrogens is 403 g/mol. The zero-order valence-corrected chi connectivity index (χ0v) is 15.6. The van der Waals surface area contributed by atoms with Crippen LogP contribution in [0.5, 0.6) is 0 Å². The lowest BCUT2D eigenvalue weighted by Crippen LogP contribution is -2.18. The van der Waals surface area contributed by atoms with Gasteiger partial charge in [0.15, 0.2) is 0 Å². The van der Waals surface area contributed by atoms with Gasteiger partial charge in [0.1, 0.15) is 0 Å². The highest BCUT2D eigenvalue weighted by Gasteiger charge is 2.34. The van der Waals surface area contributed by atoms with Crippen molar-refractivity contribution in [3.8, 4) is 6.07 Å². The normalized spacial score (nSPS) is 11.3. The van der Waals surface area contributed by atoms with Crippen molar-refractivity contribution < 1.29 is 27.9 Å². The smallest absolute Gasteiger partial charge is 0.383 e. The van der Waals surface area contributed by atoms with E-state index in [1.54, 1.807) is 18.2 Å². The van der Waals surface area contributed by atoms with Crippen molar-refractivity contribution in [2.75, 3.05) is 19.0 Å². The molecule has 30 heavy (non-hydrogen) atoms. The van der Waals surface area contributed by atoms with Crippen LogP contribution < -0.4 is 10.8 Å². The van der Waals surface area contributed by atoms with Crippen LogP contribution in [-0.2, 0) is 17.5 Å². The Kier molecular flexibility index (Phi) is 5.91. The minimum atomic E-state index is -4.70. The summed E-state index contributed by atoms with van der Waals surface area (Å²) in [5, 5.41) is 20.9. The number of hydrogen-bond donors (Lipinski definition) is 3. The number of carbonyl (C=O) groups excluding carboxylic acids is 1. The standard InChI is InChI=1S/C19H16F3N5O3/c1-30-6-5-27-16-9-14(19(20,21)22)12(10-23)8-15(16)25-18(27)24-13-4-2-3-11(7-13)17(28)26-29/h2-4,7-9,29H,5-6H2,1H3,(H,24,25)(H,26,28). The molecule has 1 aromatic heterocycles. The van der Waals surface area contributed by atoms with Crippen LogP contribution in [0.15, 0.2) is 36.4 Å². The maximum absolute atomic E-state index is 13.4. The maximum Gasteiger partial charge on any atom is 0.417 e. The number of carbonyl (C=O) groups is 1. The number of nitrogens with zero attached hydrogens (tertiary/aromatic N) is 3. The molecule has 0 aliphatic carbocycles. The van der Waals surface area contributed by atoms with Crippen LogP contribution >= 0.6 is 0 Å². The van der Waals surface area contributed by atoms with Gasteiger partial charge in [0.25, 0.3) is 5.91 Å². The number of hydrogen-bond acceptors (Lipinski definition) is 6. The maximum atomic E-state index is 13.4. The number of hydroxylamine groups is 1. The molecule has 3 N–H and O–H groups in total. The number of alkyl halides is 3. The average molecular weight is 419 g/mol. The van der Waals surface area contributed by atoms with Gasteiger partial charge >= 0.3 is 6.18 Å². The molecule has 0 saturated heterocycles. The second-order valence-electron chi connectivity index (χ2n) is 6.22. The predicted octanol–water partition coefficient (Wildman–Crippen LogP) is 3.44. The van der Waals surface area contributed by atoms with Gasteiger partial charge in [-0.05, 0) is 30.3 Å². The van der Waals surface area contributed by atoms with Crippen LogP contribution in [0.2, 0.25) is 0 Å². The summed E-state index contributed by atoms with van der Waals surface area (Å²) in [7, 11) is 1.46. The quantitative estimate of drug-likeness (QED) is 0.417. The van der Waals surface area contributed by atoms with E-state index in [0.29, 0.717) is 5.69 Å². The fourth-order valence-electron chi connectivity index (χ4n) is 2.93. The van der Waals surface area contributed by atoms with Crippen LogP contribution in [0, 0.1) is 11.3 Å². The lowest BCUT2D eigenvalue weighted by molar-refractivity contribution is -0.137. The summed E-state index contributed by atoms with van der Waals surface area (Å²) in [5.74, 6) is -0.521. The highest BCUT2D eigenvalue weighted by atomic mass is 19.4. The summed E-state index contributed by atoms with van der Waals surface area (Å²) in [4.78, 5) is 15.9. The zero-order chi connectivity index (χ0) is 21.9. The summed E-state index contributed by atoms with van der Waals surface area (Å²) in [6, 6.07) is 9.62. The fourth-order valence-corrected chi connectivity index (χ4v) is 2.93. The van der Waals surface area contributed by atoms with E-state index in [1.165, 1.54) is 29.3 Å². The fraction of sp³-hybridized carbons (Fsp3) is 0.211. The van der Waals surface area contributed by atoms with Gasteiger partial charge in [-0.25, -0.2) is 10.5 Å². The number of halogens is 3. The molecule has 0 fully saturated rings. The van der Waals surface area contributed by atoms with Crippen molar-refractivity contribution in [2.45, 2.75) is 12.7 Å². The van der Waals surface area contributed by atoms with Gasteiger partial charge < -0.3 is 14.6 Å². The second-order valence-corrected chi connectivity index (χ2v) is 6.22. The Morgan fingerprint density at radius 1 is 1.33 bits per heavy atom. The van der Waals surface area contributed by atoms with Crippen molar-refractivity contribution in [3.05, 3.63) is 53.1 Å². The number of benzene rings is 2. The first-order valence-corrected chi connectivity index (χ1v) is 8.60. The number of ether oxygens (including phenoxy) is 1. The first-order valence-electron chi connectivity index (χ1n) is 8.60. The Balaban J connectivity index is 2.12. The number of aromatic nitrogens is 2. The van der Waals surface area contributed by atoms with Gasteiger partial charge in [0, 0.05) is 24.9 Å². The van der Waals surface area contributed by atoms with Crippen LogP contribution in [0.4, 0.5) is 24.8 Å². The van der Waals surface area contributed by atoms with Crippen LogP contribution in [0.3, 0.4) is 0 Å². The van der Waals surface area contributed by atoms with E-state index in [9.17, 15) is 18.0 Å². The van der Waals surface area contributed by atoms with Crippen molar-refractivity contribution in [1.82, 2.24) is 15.0 Å². The number of rotatable bonds is 6. The number of methoxy groups -OCH3 is 1. The molecule has 3 aromatic rings. The van der Waals surface area contributed by atoms with E-state index < -0.39 is 23.2 Å². The third-order valence-corrected chi connectivity index (χ3v) is 4.31. The van der Waals surface area contributed by atoms with Crippen molar-refractivity contribution >= 4 is 28.6 Å². The van der Waals surface area contributed by atoms with E-state index in [-0.39, 0.29) is 35.7 Å². The first-order chi connectivity index (χ1) is 14.3. The van der Waals surface area contributed by atoms with Gasteiger partial charge in [0.2, 0.25) is 5.95 Å². The third kappa shape index (κ3) is 4.19. The lowest BCUT2D eigenvalue weighted by atomic mass is 10.1. The Labute approximate surface area is 168 Å².